The fraction of sp³-hybridized carbons (Fsp3) is 0.448. The van der Waals surface area contributed by atoms with Crippen molar-refractivity contribution in [3.63, 3.8) is 0 Å². The van der Waals surface area contributed by atoms with Gasteiger partial charge in [-0.2, -0.15) is 4.98 Å². The van der Waals surface area contributed by atoms with Gasteiger partial charge >= 0.3 is 6.01 Å². The molecule has 39 heavy (non-hydrogen) atoms. The molecule has 0 spiro atoms. The Kier molecular flexibility index (Phi) is 9.10. The molecule has 10 nitrogen and oxygen atoms in total. The van der Waals surface area contributed by atoms with Crippen LogP contribution < -0.4 is 24.4 Å². The summed E-state index contributed by atoms with van der Waals surface area (Å²) in [7, 11) is 3.27. The molecule has 3 aromatic rings. The lowest BCUT2D eigenvalue weighted by atomic mass is 9.85. The quantitative estimate of drug-likeness (QED) is 0.355. The van der Waals surface area contributed by atoms with Crippen LogP contribution in [-0.4, -0.2) is 80.9 Å². The van der Waals surface area contributed by atoms with Gasteiger partial charge in [-0.1, -0.05) is 18.2 Å². The summed E-state index contributed by atoms with van der Waals surface area (Å²) in [6.07, 6.45) is 1.76. The molecule has 208 valence electrons. The predicted octanol–water partition coefficient (Wildman–Crippen LogP) is 3.15. The minimum Gasteiger partial charge on any atom is -0.490 e. The Labute approximate surface area is 228 Å². The molecule has 0 amide bonds. The number of β-amino-alcohol motifs (C(OH)–C–C–N with tert-alkyl or cyclic N) is 1. The molecule has 2 aromatic carbocycles. The molecule has 5 rings (SSSR count). The Morgan fingerprint density at radius 2 is 1.97 bits per heavy atom. The second kappa shape index (κ2) is 13.1. The summed E-state index contributed by atoms with van der Waals surface area (Å²) in [6.45, 7) is 4.77. The average molecular weight is 537 g/mol. The summed E-state index contributed by atoms with van der Waals surface area (Å²) in [4.78, 5) is 10.7. The van der Waals surface area contributed by atoms with E-state index in [1.165, 1.54) is 0 Å². The van der Waals surface area contributed by atoms with Gasteiger partial charge in [-0.3, -0.25) is 0 Å². The van der Waals surface area contributed by atoms with Crippen molar-refractivity contribution in [2.24, 2.45) is 0 Å². The van der Waals surface area contributed by atoms with Crippen LogP contribution in [0, 0.1) is 0 Å². The Hall–Kier alpha value is -3.44. The van der Waals surface area contributed by atoms with Gasteiger partial charge in [0.15, 0.2) is 0 Å². The minimum atomic E-state index is -0.578. The highest BCUT2D eigenvalue weighted by Gasteiger charge is 2.34. The molecule has 1 fully saturated rings. The lowest BCUT2D eigenvalue weighted by Crippen LogP contribution is -2.49. The van der Waals surface area contributed by atoms with Gasteiger partial charge < -0.3 is 39.0 Å². The summed E-state index contributed by atoms with van der Waals surface area (Å²) in [5.74, 6) is 1.75. The van der Waals surface area contributed by atoms with Crippen LogP contribution in [0.15, 0.2) is 54.7 Å². The van der Waals surface area contributed by atoms with Crippen molar-refractivity contribution in [2.45, 2.75) is 31.2 Å². The number of fused-ring (bicyclic) bond motifs is 1. The maximum atomic E-state index is 10.9. The van der Waals surface area contributed by atoms with Crippen LogP contribution in [0.3, 0.4) is 0 Å². The average Bonchev–Trinajstić information content (AvgIpc) is 2.97. The van der Waals surface area contributed by atoms with E-state index in [0.29, 0.717) is 37.9 Å². The first kappa shape index (κ1) is 27.1. The zero-order chi connectivity index (χ0) is 27.0. The second-order valence-electron chi connectivity index (χ2n) is 9.64. The fourth-order valence-corrected chi connectivity index (χ4v) is 5.07. The highest BCUT2D eigenvalue weighted by Crippen LogP contribution is 2.34. The SMILES string of the molecule is COCCCN1CCOc2ccc(COC3CNC[C@@H](O)[C@@H]3c3ccc(Oc4nccc(OC)n4)cc3)cc21. The van der Waals surface area contributed by atoms with Crippen molar-refractivity contribution in [3.8, 4) is 23.4 Å². The normalized spacial score (nSPS) is 20.7. The van der Waals surface area contributed by atoms with E-state index in [1.807, 2.05) is 36.4 Å². The topological polar surface area (TPSA) is 107 Å². The van der Waals surface area contributed by atoms with E-state index < -0.39 is 6.10 Å². The number of piperidine rings is 1. The fourth-order valence-electron chi connectivity index (χ4n) is 5.07. The molecular formula is C29H36N4O6. The number of aliphatic hydroxyl groups excluding tert-OH is 1. The highest BCUT2D eigenvalue weighted by molar-refractivity contribution is 5.61. The Morgan fingerprint density at radius 1 is 1.10 bits per heavy atom. The highest BCUT2D eigenvalue weighted by atomic mass is 16.5. The molecule has 2 aliphatic heterocycles. The monoisotopic (exact) mass is 536 g/mol. The van der Waals surface area contributed by atoms with Gasteiger partial charge in [-0.05, 0) is 41.8 Å². The number of aromatic nitrogens is 2. The molecule has 2 aliphatic rings. The molecule has 0 aliphatic carbocycles. The van der Waals surface area contributed by atoms with Gasteiger partial charge in [0, 0.05) is 51.5 Å². The minimum absolute atomic E-state index is 0.181. The number of nitrogens with one attached hydrogen (secondary N) is 1. The summed E-state index contributed by atoms with van der Waals surface area (Å²) >= 11 is 0. The van der Waals surface area contributed by atoms with Gasteiger partial charge in [0.05, 0.1) is 38.2 Å². The van der Waals surface area contributed by atoms with Gasteiger partial charge in [0.1, 0.15) is 18.1 Å². The zero-order valence-corrected chi connectivity index (χ0v) is 22.4. The van der Waals surface area contributed by atoms with E-state index >= 15 is 0 Å². The number of anilines is 1. The van der Waals surface area contributed by atoms with E-state index in [-0.39, 0.29) is 18.0 Å². The Bertz CT molecular complexity index is 1210. The summed E-state index contributed by atoms with van der Waals surface area (Å²) in [5, 5.41) is 14.2. The first-order chi connectivity index (χ1) is 19.1. The Balaban J connectivity index is 1.25. The van der Waals surface area contributed by atoms with Crippen LogP contribution >= 0.6 is 0 Å². The van der Waals surface area contributed by atoms with Crippen molar-refractivity contribution in [3.05, 3.63) is 65.9 Å². The number of hydrogen-bond acceptors (Lipinski definition) is 10. The first-order valence-corrected chi connectivity index (χ1v) is 13.3. The number of benzene rings is 2. The number of nitrogens with zero attached hydrogens (tertiary/aromatic N) is 3. The third kappa shape index (κ3) is 6.77. The van der Waals surface area contributed by atoms with E-state index in [9.17, 15) is 5.11 Å². The molecule has 1 saturated heterocycles. The molecule has 3 heterocycles. The number of aliphatic hydroxyl groups is 1. The molecular weight excluding hydrogens is 500 g/mol. The molecule has 1 unspecified atom stereocenters. The summed E-state index contributed by atoms with van der Waals surface area (Å²) in [5.41, 5.74) is 3.14. The van der Waals surface area contributed by atoms with E-state index in [2.05, 4.69) is 26.3 Å². The summed E-state index contributed by atoms with van der Waals surface area (Å²) < 4.78 is 28.4. The van der Waals surface area contributed by atoms with Crippen molar-refractivity contribution in [1.29, 1.82) is 0 Å². The van der Waals surface area contributed by atoms with Crippen LogP contribution in [0.5, 0.6) is 23.4 Å². The Morgan fingerprint density at radius 3 is 2.79 bits per heavy atom. The number of rotatable bonds is 11. The van der Waals surface area contributed by atoms with Gasteiger partial charge in [-0.15, -0.1) is 0 Å². The van der Waals surface area contributed by atoms with Crippen molar-refractivity contribution < 1.29 is 28.8 Å². The first-order valence-electron chi connectivity index (χ1n) is 13.3. The third-order valence-electron chi connectivity index (χ3n) is 7.03. The van der Waals surface area contributed by atoms with Crippen molar-refractivity contribution in [1.82, 2.24) is 15.3 Å². The third-order valence-corrected chi connectivity index (χ3v) is 7.03. The maximum absolute atomic E-state index is 10.9. The molecule has 10 heteroatoms. The molecule has 0 radical (unpaired) electrons. The maximum Gasteiger partial charge on any atom is 0.325 e. The van der Waals surface area contributed by atoms with E-state index in [1.54, 1.807) is 26.5 Å². The lowest BCUT2D eigenvalue weighted by Gasteiger charge is -2.36. The van der Waals surface area contributed by atoms with E-state index in [0.717, 1.165) is 48.7 Å². The van der Waals surface area contributed by atoms with Gasteiger partial charge in [0.25, 0.3) is 0 Å². The molecule has 3 atom stereocenters. The van der Waals surface area contributed by atoms with Crippen LogP contribution in [0.2, 0.25) is 0 Å². The predicted molar refractivity (Wildman–Crippen MR) is 146 cm³/mol. The van der Waals surface area contributed by atoms with Crippen molar-refractivity contribution in [2.75, 3.05) is 58.5 Å². The molecule has 0 bridgehead atoms. The summed E-state index contributed by atoms with van der Waals surface area (Å²) in [6, 6.07) is 15.7. The number of ether oxygens (including phenoxy) is 5. The lowest BCUT2D eigenvalue weighted by molar-refractivity contribution is -0.0328. The largest absolute Gasteiger partial charge is 0.490 e. The molecule has 2 N–H and O–H groups in total. The van der Waals surface area contributed by atoms with Gasteiger partial charge in [-0.25, -0.2) is 4.98 Å². The standard InChI is InChI=1S/C29H36N4O6/c1-35-14-3-12-33-13-15-37-25-9-4-20(16-23(25)33)19-38-26-18-30-17-24(34)28(26)21-5-7-22(8-6-21)39-29-31-11-10-27(32-29)36-2/h4-11,16,24,26,28,30,34H,3,12-15,17-19H2,1-2H3/t24-,26?,28+/m1/s1. The van der Waals surface area contributed by atoms with Crippen molar-refractivity contribution >= 4 is 5.69 Å². The smallest absolute Gasteiger partial charge is 0.325 e. The van der Waals surface area contributed by atoms with Crippen LogP contribution in [0.4, 0.5) is 5.69 Å². The second-order valence-corrected chi connectivity index (χ2v) is 9.64. The zero-order valence-electron chi connectivity index (χ0n) is 22.4. The number of hydrogen-bond donors (Lipinski definition) is 2. The van der Waals surface area contributed by atoms with Crippen LogP contribution in [0.1, 0.15) is 23.5 Å². The van der Waals surface area contributed by atoms with E-state index in [4.69, 9.17) is 23.7 Å². The van der Waals surface area contributed by atoms with Gasteiger partial charge in [0.2, 0.25) is 5.88 Å². The molecule has 1 aromatic heterocycles. The molecule has 0 saturated carbocycles. The van der Waals surface area contributed by atoms with Crippen LogP contribution in [-0.2, 0) is 16.1 Å². The van der Waals surface area contributed by atoms with Crippen LogP contribution in [0.25, 0.3) is 0 Å². The number of methoxy groups -OCH3 is 2.